The Balaban J connectivity index is 1.58. The van der Waals surface area contributed by atoms with Crippen LogP contribution in [-0.2, 0) is 0 Å². The number of carbonyl (C=O) groups excluding carboxylic acids is 1. The number of anilines is 1. The standard InChI is InChI=1S/C17H17N3O3/c1-12-7-8-15-16(9-12)23-11-14(10-22-15)19-20-17(21)18-13-5-3-2-4-6-13/h2-9H,10-11H2,1H3,(H2,18,20,21)/b19-14+. The molecule has 0 radical (unpaired) electrons. The molecule has 3 rings (SSSR count). The van der Waals surface area contributed by atoms with Gasteiger partial charge in [-0.1, -0.05) is 24.3 Å². The van der Waals surface area contributed by atoms with E-state index in [1.165, 1.54) is 0 Å². The Kier molecular flexibility index (Phi) is 4.42. The van der Waals surface area contributed by atoms with Crippen molar-refractivity contribution in [3.63, 3.8) is 0 Å². The summed E-state index contributed by atoms with van der Waals surface area (Å²) in [5.41, 5.74) is 4.83. The van der Waals surface area contributed by atoms with Gasteiger partial charge in [0.15, 0.2) is 11.5 Å². The molecule has 2 aromatic carbocycles. The summed E-state index contributed by atoms with van der Waals surface area (Å²) in [6.07, 6.45) is 0. The molecule has 0 atom stereocenters. The molecule has 2 N–H and O–H groups in total. The maximum absolute atomic E-state index is 11.8. The highest BCUT2D eigenvalue weighted by Crippen LogP contribution is 2.29. The number of ether oxygens (including phenoxy) is 2. The van der Waals surface area contributed by atoms with Crippen LogP contribution in [0.25, 0.3) is 0 Å². The molecule has 0 saturated heterocycles. The summed E-state index contributed by atoms with van der Waals surface area (Å²) in [5.74, 6) is 1.36. The molecule has 0 spiro atoms. The lowest BCUT2D eigenvalue weighted by Crippen LogP contribution is -2.28. The van der Waals surface area contributed by atoms with Crippen LogP contribution in [0.1, 0.15) is 5.56 Å². The molecule has 118 valence electrons. The Labute approximate surface area is 134 Å². The number of rotatable bonds is 2. The highest BCUT2D eigenvalue weighted by molar-refractivity contribution is 5.92. The van der Waals surface area contributed by atoms with Crippen molar-refractivity contribution in [2.24, 2.45) is 5.10 Å². The first-order valence-corrected chi connectivity index (χ1v) is 7.24. The number of amides is 2. The maximum Gasteiger partial charge on any atom is 0.339 e. The number of nitrogens with one attached hydrogen (secondary N) is 2. The number of hydrogen-bond acceptors (Lipinski definition) is 4. The number of aryl methyl sites for hydroxylation is 1. The normalized spacial score (nSPS) is 14.9. The zero-order chi connectivity index (χ0) is 16.1. The fraction of sp³-hybridized carbons (Fsp3) is 0.176. The van der Waals surface area contributed by atoms with Crippen molar-refractivity contribution in [1.29, 1.82) is 0 Å². The summed E-state index contributed by atoms with van der Waals surface area (Å²) in [6.45, 7) is 2.52. The van der Waals surface area contributed by atoms with Crippen LogP contribution in [0.3, 0.4) is 0 Å². The molecule has 0 saturated carbocycles. The van der Waals surface area contributed by atoms with E-state index in [2.05, 4.69) is 15.8 Å². The van der Waals surface area contributed by atoms with Crippen LogP contribution in [0.2, 0.25) is 0 Å². The predicted octanol–water partition coefficient (Wildman–Crippen LogP) is 2.94. The van der Waals surface area contributed by atoms with Gasteiger partial charge in [-0.3, -0.25) is 0 Å². The molecule has 0 aliphatic carbocycles. The van der Waals surface area contributed by atoms with Gasteiger partial charge in [0.25, 0.3) is 0 Å². The molecule has 6 heteroatoms. The van der Waals surface area contributed by atoms with E-state index in [0.717, 1.165) is 5.56 Å². The van der Waals surface area contributed by atoms with Gasteiger partial charge in [-0.05, 0) is 36.8 Å². The van der Waals surface area contributed by atoms with E-state index in [9.17, 15) is 4.79 Å². The van der Waals surface area contributed by atoms with Crippen LogP contribution in [0.5, 0.6) is 11.5 Å². The quantitative estimate of drug-likeness (QED) is 0.838. The minimum atomic E-state index is -0.415. The maximum atomic E-state index is 11.8. The van der Waals surface area contributed by atoms with E-state index in [1.54, 1.807) is 12.1 Å². The molecule has 0 fully saturated rings. The van der Waals surface area contributed by atoms with Crippen molar-refractivity contribution in [3.8, 4) is 11.5 Å². The summed E-state index contributed by atoms with van der Waals surface area (Å²) < 4.78 is 11.3. The monoisotopic (exact) mass is 311 g/mol. The van der Waals surface area contributed by atoms with Gasteiger partial charge in [-0.15, -0.1) is 0 Å². The number of urea groups is 1. The molecule has 2 amide bonds. The summed E-state index contributed by atoms with van der Waals surface area (Å²) >= 11 is 0. The average molecular weight is 311 g/mol. The zero-order valence-electron chi connectivity index (χ0n) is 12.7. The van der Waals surface area contributed by atoms with E-state index in [1.807, 2.05) is 43.3 Å². The number of hydrogen-bond donors (Lipinski definition) is 2. The summed E-state index contributed by atoms with van der Waals surface area (Å²) in [6, 6.07) is 14.5. The molecular weight excluding hydrogens is 294 g/mol. The second kappa shape index (κ2) is 6.83. The lowest BCUT2D eigenvalue weighted by atomic mass is 10.2. The Hall–Kier alpha value is -3.02. The molecule has 6 nitrogen and oxygen atoms in total. The third kappa shape index (κ3) is 4.00. The Bertz CT molecular complexity index is 729. The van der Waals surface area contributed by atoms with Crippen LogP contribution >= 0.6 is 0 Å². The van der Waals surface area contributed by atoms with E-state index in [0.29, 0.717) is 22.9 Å². The van der Waals surface area contributed by atoms with Crippen LogP contribution in [-0.4, -0.2) is 25.0 Å². The van der Waals surface area contributed by atoms with E-state index < -0.39 is 6.03 Å². The van der Waals surface area contributed by atoms with Gasteiger partial charge in [-0.2, -0.15) is 5.10 Å². The summed E-state index contributed by atoms with van der Waals surface area (Å²) in [4.78, 5) is 11.8. The SMILES string of the molecule is Cc1ccc2c(c1)OC/C(=N/NC(=O)Nc1ccccc1)CO2. The van der Waals surface area contributed by atoms with Crippen molar-refractivity contribution < 1.29 is 14.3 Å². The molecule has 1 aliphatic heterocycles. The summed E-state index contributed by atoms with van der Waals surface area (Å²) in [5, 5.41) is 6.73. The second-order valence-electron chi connectivity index (χ2n) is 5.14. The van der Waals surface area contributed by atoms with Gasteiger partial charge < -0.3 is 14.8 Å². The van der Waals surface area contributed by atoms with Crippen molar-refractivity contribution in [1.82, 2.24) is 5.43 Å². The van der Waals surface area contributed by atoms with Crippen LogP contribution in [0, 0.1) is 6.92 Å². The van der Waals surface area contributed by atoms with Gasteiger partial charge >= 0.3 is 6.03 Å². The van der Waals surface area contributed by atoms with Gasteiger partial charge in [-0.25, -0.2) is 10.2 Å². The highest BCUT2D eigenvalue weighted by Gasteiger charge is 2.14. The van der Waals surface area contributed by atoms with Gasteiger partial charge in [0, 0.05) is 5.69 Å². The van der Waals surface area contributed by atoms with Crippen molar-refractivity contribution >= 4 is 17.4 Å². The Morgan fingerprint density at radius 3 is 2.57 bits per heavy atom. The first-order valence-electron chi connectivity index (χ1n) is 7.24. The molecule has 1 aliphatic rings. The number of benzene rings is 2. The molecule has 0 unspecified atom stereocenters. The average Bonchev–Trinajstić information content (AvgIpc) is 2.76. The summed E-state index contributed by atoms with van der Waals surface area (Å²) in [7, 11) is 0. The molecule has 0 aromatic heterocycles. The fourth-order valence-corrected chi connectivity index (χ4v) is 2.09. The van der Waals surface area contributed by atoms with E-state index >= 15 is 0 Å². The molecule has 23 heavy (non-hydrogen) atoms. The smallest absolute Gasteiger partial charge is 0.339 e. The highest BCUT2D eigenvalue weighted by atomic mass is 16.5. The first kappa shape index (κ1) is 14.9. The predicted molar refractivity (Wildman–Crippen MR) is 88.2 cm³/mol. The number of fused-ring (bicyclic) bond motifs is 1. The third-order valence-electron chi connectivity index (χ3n) is 3.24. The molecular formula is C17H17N3O3. The minimum Gasteiger partial charge on any atom is -0.484 e. The largest absolute Gasteiger partial charge is 0.484 e. The van der Waals surface area contributed by atoms with E-state index in [-0.39, 0.29) is 13.2 Å². The number of hydrazone groups is 1. The lowest BCUT2D eigenvalue weighted by Gasteiger charge is -2.06. The van der Waals surface area contributed by atoms with Crippen LogP contribution in [0.15, 0.2) is 53.6 Å². The van der Waals surface area contributed by atoms with Crippen LogP contribution in [0.4, 0.5) is 10.5 Å². The number of para-hydroxylation sites is 1. The molecule has 2 aromatic rings. The van der Waals surface area contributed by atoms with Gasteiger partial charge in [0.2, 0.25) is 0 Å². The topological polar surface area (TPSA) is 72.0 Å². The molecule has 1 heterocycles. The minimum absolute atomic E-state index is 0.266. The van der Waals surface area contributed by atoms with Gasteiger partial charge in [0.05, 0.1) is 0 Å². The molecule has 0 bridgehead atoms. The van der Waals surface area contributed by atoms with Crippen molar-refractivity contribution in [2.75, 3.05) is 18.5 Å². The van der Waals surface area contributed by atoms with Crippen molar-refractivity contribution in [2.45, 2.75) is 6.92 Å². The fourth-order valence-electron chi connectivity index (χ4n) is 2.09. The van der Waals surface area contributed by atoms with Gasteiger partial charge in [0.1, 0.15) is 18.9 Å². The van der Waals surface area contributed by atoms with E-state index in [4.69, 9.17) is 9.47 Å². The number of carbonyl (C=O) groups is 1. The van der Waals surface area contributed by atoms with Crippen LogP contribution < -0.4 is 20.2 Å². The first-order chi connectivity index (χ1) is 11.2. The second-order valence-corrected chi connectivity index (χ2v) is 5.14. The third-order valence-corrected chi connectivity index (χ3v) is 3.24. The Morgan fingerprint density at radius 2 is 1.78 bits per heavy atom. The van der Waals surface area contributed by atoms with Crippen molar-refractivity contribution in [3.05, 3.63) is 54.1 Å². The number of nitrogens with zero attached hydrogens (tertiary/aromatic N) is 1. The lowest BCUT2D eigenvalue weighted by molar-refractivity contribution is 0.252. The zero-order valence-corrected chi connectivity index (χ0v) is 12.7. The Morgan fingerprint density at radius 1 is 1.04 bits per heavy atom.